The van der Waals surface area contributed by atoms with E-state index < -0.39 is 60.2 Å². The highest BCUT2D eigenvalue weighted by Crippen LogP contribution is 2.51. The van der Waals surface area contributed by atoms with Crippen molar-refractivity contribution in [2.75, 3.05) is 7.11 Å². The quantitative estimate of drug-likeness (QED) is 0.282. The topological polar surface area (TPSA) is 44.8 Å². The predicted molar refractivity (Wildman–Crippen MR) is 81.6 cm³/mol. The Labute approximate surface area is 161 Å². The van der Waals surface area contributed by atoms with Gasteiger partial charge >= 0.3 is 24.5 Å². The van der Waals surface area contributed by atoms with Gasteiger partial charge in [-0.3, -0.25) is 4.79 Å². The molecule has 0 aliphatic heterocycles. The lowest BCUT2D eigenvalue weighted by Crippen LogP contribution is -2.68. The highest BCUT2D eigenvalue weighted by atomic mass is 19.4. The maximum Gasteiger partial charge on any atom is 0.430 e. The van der Waals surface area contributed by atoms with E-state index in [4.69, 9.17) is 0 Å². The fraction of sp³-hybridized carbons (Fsp3) is 0.938. The average molecular weight is 450 g/mol. The van der Waals surface area contributed by atoms with Crippen molar-refractivity contribution in [3.63, 3.8) is 0 Å². The second-order valence-corrected chi connectivity index (χ2v) is 6.93. The van der Waals surface area contributed by atoms with Crippen molar-refractivity contribution in [1.29, 1.82) is 0 Å². The highest BCUT2D eigenvalue weighted by molar-refractivity contribution is 5.77. The molecule has 0 amide bonds. The van der Waals surface area contributed by atoms with E-state index in [1.807, 2.05) is 0 Å². The van der Waals surface area contributed by atoms with E-state index in [0.717, 1.165) is 14.0 Å². The molecule has 3 unspecified atom stereocenters. The van der Waals surface area contributed by atoms with E-state index in [0.29, 0.717) is 6.92 Å². The summed E-state index contributed by atoms with van der Waals surface area (Å²) in [4.78, 5) is 12.0. The molecular formula is C16H23F9O4. The molecule has 0 saturated carbocycles. The molecule has 0 aromatic carbocycles. The molecule has 0 saturated heterocycles. The fourth-order valence-corrected chi connectivity index (χ4v) is 2.32. The second kappa shape index (κ2) is 8.86. The lowest BCUT2D eigenvalue weighted by atomic mass is 9.86. The van der Waals surface area contributed by atoms with Crippen LogP contribution in [-0.2, 0) is 19.0 Å². The Kier molecular flexibility index (Phi) is 8.48. The second-order valence-electron chi connectivity index (χ2n) is 6.93. The van der Waals surface area contributed by atoms with Gasteiger partial charge in [0.05, 0.1) is 0 Å². The zero-order valence-electron chi connectivity index (χ0n) is 16.5. The van der Waals surface area contributed by atoms with Crippen LogP contribution in [0.1, 0.15) is 41.0 Å². The fourth-order valence-electron chi connectivity index (χ4n) is 2.32. The number of rotatable bonds is 8. The van der Waals surface area contributed by atoms with Crippen molar-refractivity contribution >= 4 is 5.97 Å². The molecule has 0 radical (unpaired) electrons. The molecule has 0 aromatic rings. The van der Waals surface area contributed by atoms with Gasteiger partial charge in [0.25, 0.3) is 5.60 Å². The van der Waals surface area contributed by atoms with Crippen LogP contribution in [0, 0.1) is 11.3 Å². The van der Waals surface area contributed by atoms with Gasteiger partial charge in [0.15, 0.2) is 11.7 Å². The standard InChI is InChI=1S/C16H23F9O4/c1-7-12(5,14(17,18)19)11(26)28-9(4)13(15(20,21)22,16(23,24)25)29-10(27-6)8(2)3/h8-10H,7H2,1-6H3. The molecule has 0 rings (SSSR count). The molecule has 0 aliphatic rings. The SMILES string of the molecule is CCC(C)(C(=O)OC(C)C(OC(OC)C(C)C)(C(F)(F)F)C(F)(F)F)C(F)(F)F. The van der Waals surface area contributed by atoms with E-state index in [-0.39, 0.29) is 6.92 Å². The lowest BCUT2D eigenvalue weighted by molar-refractivity contribution is -0.430. The molecular weight excluding hydrogens is 427 g/mol. The van der Waals surface area contributed by atoms with E-state index in [1.54, 1.807) is 0 Å². The first-order chi connectivity index (χ1) is 12.7. The molecule has 0 aliphatic carbocycles. The third kappa shape index (κ3) is 5.28. The number of hydrogen-bond donors (Lipinski definition) is 0. The van der Waals surface area contributed by atoms with Gasteiger partial charge < -0.3 is 14.2 Å². The van der Waals surface area contributed by atoms with Crippen molar-refractivity contribution in [3.8, 4) is 0 Å². The molecule has 0 fully saturated rings. The first kappa shape index (κ1) is 27.8. The van der Waals surface area contributed by atoms with Crippen LogP contribution in [0.4, 0.5) is 39.5 Å². The number of methoxy groups -OCH3 is 1. The third-order valence-corrected chi connectivity index (χ3v) is 4.56. The molecule has 3 atom stereocenters. The van der Waals surface area contributed by atoms with Crippen molar-refractivity contribution in [2.45, 2.75) is 77.6 Å². The Morgan fingerprint density at radius 1 is 0.862 bits per heavy atom. The molecule has 0 heterocycles. The van der Waals surface area contributed by atoms with Gasteiger partial charge in [0.1, 0.15) is 6.10 Å². The number of carbonyl (C=O) groups excluding carboxylic acids is 1. The number of hydrogen-bond acceptors (Lipinski definition) is 4. The number of ether oxygens (including phenoxy) is 3. The molecule has 0 bridgehead atoms. The molecule has 0 spiro atoms. The maximum atomic E-state index is 13.6. The Morgan fingerprint density at radius 2 is 1.28 bits per heavy atom. The molecule has 0 aromatic heterocycles. The number of esters is 1. The Balaban J connectivity index is 6.39. The summed E-state index contributed by atoms with van der Waals surface area (Å²) in [6.45, 7) is 3.76. The molecule has 174 valence electrons. The first-order valence-electron chi connectivity index (χ1n) is 8.34. The Morgan fingerprint density at radius 3 is 1.52 bits per heavy atom. The summed E-state index contributed by atoms with van der Waals surface area (Å²) in [5, 5.41) is 0. The zero-order valence-corrected chi connectivity index (χ0v) is 16.5. The van der Waals surface area contributed by atoms with E-state index >= 15 is 0 Å². The normalized spacial score (nSPS) is 18.3. The Hall–Kier alpha value is -1.24. The zero-order chi connectivity index (χ0) is 23.6. The predicted octanol–water partition coefficient (Wildman–Crippen LogP) is 5.41. The van der Waals surface area contributed by atoms with Crippen LogP contribution in [0.3, 0.4) is 0 Å². The van der Waals surface area contributed by atoms with Gasteiger partial charge in [0.2, 0.25) is 0 Å². The van der Waals surface area contributed by atoms with Gasteiger partial charge in [-0.2, -0.15) is 39.5 Å². The monoisotopic (exact) mass is 450 g/mol. The van der Waals surface area contributed by atoms with Crippen molar-refractivity contribution in [3.05, 3.63) is 0 Å². The van der Waals surface area contributed by atoms with Crippen LogP contribution in [0.2, 0.25) is 0 Å². The minimum absolute atomic E-state index is 0.165. The first-order valence-corrected chi connectivity index (χ1v) is 8.34. The summed E-state index contributed by atoms with van der Waals surface area (Å²) in [6, 6.07) is 0. The van der Waals surface area contributed by atoms with Crippen molar-refractivity contribution in [1.82, 2.24) is 0 Å². The maximum absolute atomic E-state index is 13.6. The molecule has 13 heteroatoms. The average Bonchev–Trinajstić information content (AvgIpc) is 2.50. The van der Waals surface area contributed by atoms with Crippen LogP contribution in [-0.4, -0.2) is 49.6 Å². The number of carbonyl (C=O) groups is 1. The van der Waals surface area contributed by atoms with E-state index in [1.165, 1.54) is 13.8 Å². The number of halogens is 9. The minimum atomic E-state index is -6.21. The van der Waals surface area contributed by atoms with Crippen molar-refractivity contribution in [2.24, 2.45) is 11.3 Å². The summed E-state index contributed by atoms with van der Waals surface area (Å²) in [5.74, 6) is -3.30. The molecule has 29 heavy (non-hydrogen) atoms. The van der Waals surface area contributed by atoms with E-state index in [9.17, 15) is 44.3 Å². The summed E-state index contributed by atoms with van der Waals surface area (Å²) >= 11 is 0. The summed E-state index contributed by atoms with van der Waals surface area (Å²) < 4.78 is 134. The van der Waals surface area contributed by atoms with Crippen molar-refractivity contribution < 1.29 is 58.5 Å². The lowest BCUT2D eigenvalue weighted by Gasteiger charge is -2.43. The van der Waals surface area contributed by atoms with Gasteiger partial charge in [-0.05, 0) is 20.3 Å². The molecule has 0 N–H and O–H groups in total. The third-order valence-electron chi connectivity index (χ3n) is 4.56. The highest BCUT2D eigenvalue weighted by Gasteiger charge is 2.77. The van der Waals surface area contributed by atoms with Crippen LogP contribution in [0.15, 0.2) is 0 Å². The van der Waals surface area contributed by atoms with E-state index in [2.05, 4.69) is 14.2 Å². The summed E-state index contributed by atoms with van der Waals surface area (Å²) in [6.07, 6.45) is -23.9. The van der Waals surface area contributed by atoms with Gasteiger partial charge in [-0.1, -0.05) is 20.8 Å². The summed E-state index contributed by atoms with van der Waals surface area (Å²) in [7, 11) is 0.788. The van der Waals surface area contributed by atoms with Crippen LogP contribution < -0.4 is 0 Å². The minimum Gasteiger partial charge on any atom is -0.458 e. The van der Waals surface area contributed by atoms with Gasteiger partial charge in [-0.15, -0.1) is 0 Å². The van der Waals surface area contributed by atoms with Gasteiger partial charge in [-0.25, -0.2) is 0 Å². The summed E-state index contributed by atoms with van der Waals surface area (Å²) in [5.41, 5.74) is -8.44. The van der Waals surface area contributed by atoms with Gasteiger partial charge in [0, 0.05) is 13.0 Å². The largest absolute Gasteiger partial charge is 0.458 e. The Bertz CT molecular complexity index is 540. The van der Waals surface area contributed by atoms with Crippen LogP contribution >= 0.6 is 0 Å². The smallest absolute Gasteiger partial charge is 0.430 e. The van der Waals surface area contributed by atoms with Crippen LogP contribution in [0.5, 0.6) is 0 Å². The number of alkyl halides is 9. The van der Waals surface area contributed by atoms with Crippen LogP contribution in [0.25, 0.3) is 0 Å². The molecule has 4 nitrogen and oxygen atoms in total.